The van der Waals surface area contributed by atoms with Gasteiger partial charge in [-0.3, -0.25) is 9.89 Å². The van der Waals surface area contributed by atoms with Crippen molar-refractivity contribution in [1.82, 2.24) is 20.8 Å². The normalized spacial score (nSPS) is 10.9. The number of carbonyl (C=O) groups is 2. The molecular formula is C26H30N4O3. The predicted octanol–water partition coefficient (Wildman–Crippen LogP) is 4.39. The highest BCUT2D eigenvalue weighted by Gasteiger charge is 2.15. The topological polar surface area (TPSA) is 96.1 Å². The largest absolute Gasteiger partial charge is 0.444 e. The van der Waals surface area contributed by atoms with Crippen molar-refractivity contribution in [2.75, 3.05) is 13.1 Å². The standard InChI is InChI=1S/C26H30N4O3/c1-26(2,3)33-25(32)28-18-8-4-7-17-27-24(31)20-14-11-19(12-15-20)13-16-23-21-9-5-6-10-22(21)29-30-23/h5-6,9-12,14-15H,4,7-8,17-18H2,1-3H3,(H,27,31)(H,28,32)(H,29,30). The molecule has 1 heterocycles. The van der Waals surface area contributed by atoms with Crippen LogP contribution in [-0.2, 0) is 4.74 Å². The fourth-order valence-corrected chi connectivity index (χ4v) is 3.13. The van der Waals surface area contributed by atoms with Crippen LogP contribution in [0.4, 0.5) is 4.79 Å². The van der Waals surface area contributed by atoms with Crippen molar-refractivity contribution in [1.29, 1.82) is 0 Å². The van der Waals surface area contributed by atoms with E-state index in [1.807, 2.05) is 57.2 Å². The summed E-state index contributed by atoms with van der Waals surface area (Å²) < 4.78 is 5.19. The Morgan fingerprint density at radius 3 is 2.36 bits per heavy atom. The number of ether oxygens (including phenoxy) is 1. The number of alkyl carbamates (subject to hydrolysis) is 1. The molecule has 3 aromatic rings. The highest BCUT2D eigenvalue weighted by atomic mass is 16.6. The SMILES string of the molecule is CC(C)(C)OC(=O)NCCCCCNC(=O)c1ccc(C#Cc2[nH]nc3ccccc23)cc1. The molecule has 0 spiro atoms. The molecule has 0 aliphatic carbocycles. The Hall–Kier alpha value is -3.79. The fourth-order valence-electron chi connectivity index (χ4n) is 3.13. The lowest BCUT2D eigenvalue weighted by atomic mass is 10.1. The molecule has 3 N–H and O–H groups in total. The van der Waals surface area contributed by atoms with Crippen LogP contribution in [0.3, 0.4) is 0 Å². The van der Waals surface area contributed by atoms with Gasteiger partial charge in [-0.1, -0.05) is 18.1 Å². The van der Waals surface area contributed by atoms with E-state index in [4.69, 9.17) is 4.74 Å². The number of hydrogen-bond acceptors (Lipinski definition) is 4. The van der Waals surface area contributed by atoms with Crippen LogP contribution in [0, 0.1) is 11.8 Å². The van der Waals surface area contributed by atoms with Crippen molar-refractivity contribution in [2.45, 2.75) is 45.6 Å². The lowest BCUT2D eigenvalue weighted by Crippen LogP contribution is -2.33. The van der Waals surface area contributed by atoms with Gasteiger partial charge in [-0.05, 0) is 82.4 Å². The summed E-state index contributed by atoms with van der Waals surface area (Å²) >= 11 is 0. The first-order valence-electron chi connectivity index (χ1n) is 11.1. The van der Waals surface area contributed by atoms with E-state index in [9.17, 15) is 9.59 Å². The number of aromatic nitrogens is 2. The van der Waals surface area contributed by atoms with Crippen molar-refractivity contribution in [3.05, 3.63) is 65.4 Å². The zero-order valence-electron chi connectivity index (χ0n) is 19.3. The van der Waals surface area contributed by atoms with Crippen LogP contribution in [0.5, 0.6) is 0 Å². The van der Waals surface area contributed by atoms with Gasteiger partial charge in [0.25, 0.3) is 5.91 Å². The van der Waals surface area contributed by atoms with Crippen LogP contribution >= 0.6 is 0 Å². The third-order valence-corrected chi connectivity index (χ3v) is 4.75. The van der Waals surface area contributed by atoms with E-state index in [1.165, 1.54) is 0 Å². The van der Waals surface area contributed by atoms with Crippen molar-refractivity contribution < 1.29 is 14.3 Å². The summed E-state index contributed by atoms with van der Waals surface area (Å²) in [6.45, 7) is 6.64. The molecule has 0 atom stereocenters. The number of nitrogens with one attached hydrogen (secondary N) is 3. The molecule has 0 aliphatic heterocycles. The first-order chi connectivity index (χ1) is 15.8. The Morgan fingerprint density at radius 2 is 1.64 bits per heavy atom. The molecule has 0 unspecified atom stereocenters. The summed E-state index contributed by atoms with van der Waals surface area (Å²) in [4.78, 5) is 23.9. The number of aromatic amines is 1. The summed E-state index contributed by atoms with van der Waals surface area (Å²) in [5.41, 5.74) is 2.58. The number of benzene rings is 2. The summed E-state index contributed by atoms with van der Waals surface area (Å²) in [7, 11) is 0. The van der Waals surface area contributed by atoms with Crippen LogP contribution < -0.4 is 10.6 Å². The third-order valence-electron chi connectivity index (χ3n) is 4.75. The first-order valence-corrected chi connectivity index (χ1v) is 11.1. The Balaban J connectivity index is 1.37. The van der Waals surface area contributed by atoms with Gasteiger partial charge in [-0.15, -0.1) is 0 Å². The first kappa shape index (κ1) is 23.9. The summed E-state index contributed by atoms with van der Waals surface area (Å²) in [6, 6.07) is 15.0. The number of H-pyrrole nitrogens is 1. The molecule has 3 rings (SSSR count). The van der Waals surface area contributed by atoms with Crippen molar-refractivity contribution in [2.24, 2.45) is 0 Å². The fraction of sp³-hybridized carbons (Fsp3) is 0.346. The van der Waals surface area contributed by atoms with E-state index in [0.29, 0.717) is 18.7 Å². The summed E-state index contributed by atoms with van der Waals surface area (Å²) in [5.74, 6) is 6.10. The summed E-state index contributed by atoms with van der Waals surface area (Å²) in [5, 5.41) is 13.8. The molecule has 0 radical (unpaired) electrons. The minimum atomic E-state index is -0.492. The smallest absolute Gasteiger partial charge is 0.407 e. The van der Waals surface area contributed by atoms with Crippen LogP contribution in [0.15, 0.2) is 48.5 Å². The lowest BCUT2D eigenvalue weighted by Gasteiger charge is -2.19. The Morgan fingerprint density at radius 1 is 0.939 bits per heavy atom. The van der Waals surface area contributed by atoms with Crippen LogP contribution in [0.2, 0.25) is 0 Å². The van der Waals surface area contributed by atoms with Gasteiger partial charge in [-0.2, -0.15) is 5.10 Å². The summed E-state index contributed by atoms with van der Waals surface area (Å²) in [6.07, 6.45) is 2.16. The molecular weight excluding hydrogens is 416 g/mol. The average molecular weight is 447 g/mol. The number of carbonyl (C=O) groups excluding carboxylic acids is 2. The molecule has 7 nitrogen and oxygen atoms in total. The van der Waals surface area contributed by atoms with Gasteiger partial charge in [0, 0.05) is 29.6 Å². The van der Waals surface area contributed by atoms with Crippen LogP contribution in [0.25, 0.3) is 10.9 Å². The monoisotopic (exact) mass is 446 g/mol. The third kappa shape index (κ3) is 7.69. The number of para-hydroxylation sites is 1. The minimum absolute atomic E-state index is 0.110. The predicted molar refractivity (Wildman–Crippen MR) is 129 cm³/mol. The van der Waals surface area contributed by atoms with Crippen molar-refractivity contribution in [3.8, 4) is 11.8 Å². The van der Waals surface area contributed by atoms with Gasteiger partial charge in [0.15, 0.2) is 0 Å². The quantitative estimate of drug-likeness (QED) is 0.371. The number of rotatable bonds is 7. The second-order valence-electron chi connectivity index (χ2n) is 8.69. The van der Waals surface area contributed by atoms with E-state index in [-0.39, 0.29) is 5.91 Å². The van der Waals surface area contributed by atoms with Crippen molar-refractivity contribution in [3.63, 3.8) is 0 Å². The van der Waals surface area contributed by atoms with Gasteiger partial charge in [0.05, 0.1) is 5.52 Å². The lowest BCUT2D eigenvalue weighted by molar-refractivity contribution is 0.0527. The Labute approximate surface area is 194 Å². The van der Waals surface area contributed by atoms with E-state index < -0.39 is 11.7 Å². The molecule has 2 amide bonds. The second kappa shape index (κ2) is 11.2. The van der Waals surface area contributed by atoms with E-state index in [1.54, 1.807) is 12.1 Å². The molecule has 33 heavy (non-hydrogen) atoms. The highest BCUT2D eigenvalue weighted by molar-refractivity contribution is 5.94. The van der Waals surface area contributed by atoms with Crippen molar-refractivity contribution >= 4 is 22.9 Å². The number of fused-ring (bicyclic) bond motifs is 1. The molecule has 172 valence electrons. The molecule has 1 aromatic heterocycles. The maximum atomic E-state index is 12.3. The maximum absolute atomic E-state index is 12.3. The van der Waals surface area contributed by atoms with E-state index in [2.05, 4.69) is 32.7 Å². The number of nitrogens with zero attached hydrogens (tertiary/aromatic N) is 1. The zero-order valence-corrected chi connectivity index (χ0v) is 19.3. The minimum Gasteiger partial charge on any atom is -0.444 e. The molecule has 0 fully saturated rings. The highest BCUT2D eigenvalue weighted by Crippen LogP contribution is 2.14. The maximum Gasteiger partial charge on any atom is 0.407 e. The molecule has 0 aliphatic rings. The van der Waals surface area contributed by atoms with Crippen LogP contribution in [-0.4, -0.2) is 40.9 Å². The van der Waals surface area contributed by atoms with Gasteiger partial charge < -0.3 is 15.4 Å². The Kier molecular flexibility index (Phi) is 8.09. The van der Waals surface area contributed by atoms with Gasteiger partial charge in [-0.25, -0.2) is 4.79 Å². The number of unbranched alkanes of at least 4 members (excludes halogenated alkanes) is 2. The molecule has 2 aromatic carbocycles. The molecule has 0 saturated heterocycles. The number of hydrogen-bond donors (Lipinski definition) is 3. The van der Waals surface area contributed by atoms with Crippen LogP contribution in [0.1, 0.15) is 61.6 Å². The van der Waals surface area contributed by atoms with Gasteiger partial charge in [0.1, 0.15) is 11.3 Å². The van der Waals surface area contributed by atoms with Gasteiger partial charge >= 0.3 is 6.09 Å². The molecule has 0 bridgehead atoms. The van der Waals surface area contributed by atoms with E-state index >= 15 is 0 Å². The second-order valence-corrected chi connectivity index (χ2v) is 8.69. The number of amides is 2. The molecule has 0 saturated carbocycles. The zero-order chi connectivity index (χ0) is 23.7. The molecule has 7 heteroatoms. The van der Waals surface area contributed by atoms with Gasteiger partial charge in [0.2, 0.25) is 0 Å². The Bertz CT molecular complexity index is 1150. The van der Waals surface area contributed by atoms with E-state index in [0.717, 1.165) is 41.4 Å². The average Bonchev–Trinajstić information content (AvgIpc) is 3.19.